The zero-order chi connectivity index (χ0) is 28.8. The standard InChI is InChI=1S/C25H34F4N6O3S/c1-4-34(5-2)23(36)10-11-31-39(37,38)21-8-9-22(25(27,28)29)32-24(21)30-17-18-16-19(26)6-7-20(18)35-14-12-33(3)13-15-35/h6-9,16,31H,4-5,10-15,17H2,1-3H3,(H,30,32). The van der Waals surface area contributed by atoms with E-state index < -0.39 is 38.4 Å². The number of benzene rings is 1. The number of pyridine rings is 1. The fraction of sp³-hybridized carbons (Fsp3) is 0.520. The van der Waals surface area contributed by atoms with Gasteiger partial charge in [-0.2, -0.15) is 13.2 Å². The molecule has 1 aromatic carbocycles. The number of piperazine rings is 1. The summed E-state index contributed by atoms with van der Waals surface area (Å²) in [6.07, 6.45) is -4.93. The Morgan fingerprint density at radius 1 is 1.08 bits per heavy atom. The number of nitrogens with one attached hydrogen (secondary N) is 2. The van der Waals surface area contributed by atoms with Crippen molar-refractivity contribution >= 4 is 27.4 Å². The van der Waals surface area contributed by atoms with E-state index >= 15 is 0 Å². The molecule has 0 spiro atoms. The summed E-state index contributed by atoms with van der Waals surface area (Å²) in [5, 5.41) is 2.69. The van der Waals surface area contributed by atoms with Crippen molar-refractivity contribution in [1.82, 2.24) is 19.5 Å². The van der Waals surface area contributed by atoms with E-state index in [9.17, 15) is 30.8 Å². The van der Waals surface area contributed by atoms with Gasteiger partial charge in [0.15, 0.2) is 0 Å². The van der Waals surface area contributed by atoms with Crippen LogP contribution in [0.1, 0.15) is 31.5 Å². The van der Waals surface area contributed by atoms with Crippen LogP contribution >= 0.6 is 0 Å². The number of amides is 1. The van der Waals surface area contributed by atoms with E-state index in [1.807, 2.05) is 11.9 Å². The normalized spacial score (nSPS) is 14.9. The van der Waals surface area contributed by atoms with Crippen molar-refractivity contribution in [2.75, 3.05) is 63.1 Å². The Labute approximate surface area is 226 Å². The molecule has 1 saturated heterocycles. The molecule has 2 aromatic rings. The van der Waals surface area contributed by atoms with E-state index in [1.54, 1.807) is 19.9 Å². The van der Waals surface area contributed by atoms with Gasteiger partial charge in [0.05, 0.1) is 0 Å². The Morgan fingerprint density at radius 2 is 1.74 bits per heavy atom. The number of hydrogen-bond acceptors (Lipinski definition) is 7. The Bertz CT molecular complexity index is 1250. The quantitative estimate of drug-likeness (QED) is 0.398. The summed E-state index contributed by atoms with van der Waals surface area (Å²) >= 11 is 0. The largest absolute Gasteiger partial charge is 0.433 e. The number of likely N-dealkylation sites (N-methyl/N-ethyl adjacent to an activating group) is 1. The lowest BCUT2D eigenvalue weighted by Gasteiger charge is -2.35. The summed E-state index contributed by atoms with van der Waals surface area (Å²) in [6, 6.07) is 5.57. The van der Waals surface area contributed by atoms with Crippen LogP contribution in [0.5, 0.6) is 0 Å². The van der Waals surface area contributed by atoms with Gasteiger partial charge >= 0.3 is 6.18 Å². The molecule has 1 fully saturated rings. The summed E-state index contributed by atoms with van der Waals surface area (Å²) in [6.45, 7) is 7.03. The number of hydrogen-bond donors (Lipinski definition) is 2. The first kappa shape index (κ1) is 30.6. The topological polar surface area (TPSA) is 97.9 Å². The molecule has 2 heterocycles. The first-order valence-corrected chi connectivity index (χ1v) is 14.2. The molecular formula is C25H34F4N6O3S. The highest BCUT2D eigenvalue weighted by Gasteiger charge is 2.34. The van der Waals surface area contributed by atoms with Gasteiger partial charge in [0.2, 0.25) is 15.9 Å². The highest BCUT2D eigenvalue weighted by molar-refractivity contribution is 7.89. The number of halogens is 4. The monoisotopic (exact) mass is 574 g/mol. The Hall–Kier alpha value is -2.97. The van der Waals surface area contributed by atoms with Crippen LogP contribution in [0.2, 0.25) is 0 Å². The van der Waals surface area contributed by atoms with Gasteiger partial charge in [-0.3, -0.25) is 4.79 Å². The molecule has 0 saturated carbocycles. The average Bonchev–Trinajstić information content (AvgIpc) is 2.88. The molecule has 14 heteroatoms. The highest BCUT2D eigenvalue weighted by atomic mass is 32.2. The third kappa shape index (κ3) is 8.02. The number of carbonyl (C=O) groups excluding carboxylic acids is 1. The lowest BCUT2D eigenvalue weighted by Crippen LogP contribution is -2.44. The lowest BCUT2D eigenvalue weighted by atomic mass is 10.1. The second-order valence-corrected chi connectivity index (χ2v) is 10.9. The predicted molar refractivity (Wildman–Crippen MR) is 140 cm³/mol. The zero-order valence-corrected chi connectivity index (χ0v) is 23.0. The average molecular weight is 575 g/mol. The molecule has 39 heavy (non-hydrogen) atoms. The third-order valence-corrected chi connectivity index (χ3v) is 8.01. The summed E-state index contributed by atoms with van der Waals surface area (Å²) in [5.41, 5.74) is -0.138. The van der Waals surface area contributed by atoms with Gasteiger partial charge in [-0.15, -0.1) is 0 Å². The molecule has 2 N–H and O–H groups in total. The number of alkyl halides is 3. The van der Waals surface area contributed by atoms with E-state index in [4.69, 9.17) is 0 Å². The molecule has 1 aliphatic heterocycles. The molecule has 0 bridgehead atoms. The van der Waals surface area contributed by atoms with Crippen molar-refractivity contribution in [1.29, 1.82) is 0 Å². The predicted octanol–water partition coefficient (Wildman–Crippen LogP) is 3.14. The van der Waals surface area contributed by atoms with Crippen molar-refractivity contribution in [3.8, 4) is 0 Å². The summed E-state index contributed by atoms with van der Waals surface area (Å²) in [5.74, 6) is -1.32. The molecule has 216 valence electrons. The van der Waals surface area contributed by atoms with Crippen LogP contribution in [0, 0.1) is 5.82 Å². The van der Waals surface area contributed by atoms with Crippen molar-refractivity contribution in [3.05, 3.63) is 47.4 Å². The number of anilines is 2. The van der Waals surface area contributed by atoms with Crippen LogP contribution < -0.4 is 14.9 Å². The molecule has 0 radical (unpaired) electrons. The minimum atomic E-state index is -4.81. The highest BCUT2D eigenvalue weighted by Crippen LogP contribution is 2.32. The molecular weight excluding hydrogens is 540 g/mol. The first-order chi connectivity index (χ1) is 18.4. The van der Waals surface area contributed by atoms with Gasteiger partial charge in [0.1, 0.15) is 22.2 Å². The Kier molecular flexibility index (Phi) is 10.1. The summed E-state index contributed by atoms with van der Waals surface area (Å²) in [4.78, 5) is 21.0. The molecule has 9 nitrogen and oxygen atoms in total. The number of nitrogens with zero attached hydrogens (tertiary/aromatic N) is 4. The molecule has 0 unspecified atom stereocenters. The fourth-order valence-electron chi connectivity index (χ4n) is 4.28. The maximum absolute atomic E-state index is 14.1. The number of carbonyl (C=O) groups is 1. The third-order valence-electron chi connectivity index (χ3n) is 6.52. The fourth-order valence-corrected chi connectivity index (χ4v) is 5.43. The van der Waals surface area contributed by atoms with Gasteiger partial charge < -0.3 is 20.0 Å². The van der Waals surface area contributed by atoms with Crippen molar-refractivity contribution in [2.24, 2.45) is 0 Å². The summed E-state index contributed by atoms with van der Waals surface area (Å²) < 4.78 is 82.8. The van der Waals surface area contributed by atoms with Crippen LogP contribution in [0.25, 0.3) is 0 Å². The van der Waals surface area contributed by atoms with Crippen LogP contribution in [0.4, 0.5) is 29.1 Å². The van der Waals surface area contributed by atoms with Crippen LogP contribution in [-0.4, -0.2) is 82.0 Å². The van der Waals surface area contributed by atoms with Gasteiger partial charge in [0, 0.05) is 64.5 Å². The van der Waals surface area contributed by atoms with E-state index in [1.165, 1.54) is 17.0 Å². The maximum atomic E-state index is 14.1. The zero-order valence-electron chi connectivity index (χ0n) is 22.2. The molecule has 1 aromatic heterocycles. The van der Waals surface area contributed by atoms with Gasteiger partial charge in [-0.25, -0.2) is 22.5 Å². The Balaban J connectivity index is 1.86. The van der Waals surface area contributed by atoms with Crippen LogP contribution in [-0.2, 0) is 27.5 Å². The van der Waals surface area contributed by atoms with E-state index in [0.29, 0.717) is 43.5 Å². The van der Waals surface area contributed by atoms with Crippen molar-refractivity contribution < 1.29 is 30.8 Å². The minimum Gasteiger partial charge on any atom is -0.369 e. The van der Waals surface area contributed by atoms with E-state index in [-0.39, 0.29) is 25.4 Å². The van der Waals surface area contributed by atoms with Gasteiger partial charge in [-0.05, 0) is 56.8 Å². The second kappa shape index (κ2) is 12.9. The van der Waals surface area contributed by atoms with Gasteiger partial charge in [0.25, 0.3) is 0 Å². The first-order valence-electron chi connectivity index (χ1n) is 12.7. The Morgan fingerprint density at radius 3 is 2.36 bits per heavy atom. The van der Waals surface area contributed by atoms with Gasteiger partial charge in [-0.1, -0.05) is 0 Å². The SMILES string of the molecule is CCN(CC)C(=O)CCNS(=O)(=O)c1ccc(C(F)(F)F)nc1NCc1cc(F)ccc1N1CCN(C)CC1. The van der Waals surface area contributed by atoms with Crippen molar-refractivity contribution in [2.45, 2.75) is 37.9 Å². The maximum Gasteiger partial charge on any atom is 0.433 e. The molecule has 1 aliphatic rings. The van der Waals surface area contributed by atoms with E-state index in [0.717, 1.165) is 19.2 Å². The minimum absolute atomic E-state index is 0.116. The molecule has 3 rings (SSSR count). The van der Waals surface area contributed by atoms with Crippen LogP contribution in [0.15, 0.2) is 35.2 Å². The molecule has 1 amide bonds. The van der Waals surface area contributed by atoms with Crippen LogP contribution in [0.3, 0.4) is 0 Å². The number of sulfonamides is 1. The second-order valence-electron chi connectivity index (χ2n) is 9.17. The number of aromatic nitrogens is 1. The lowest BCUT2D eigenvalue weighted by molar-refractivity contribution is -0.141. The number of rotatable bonds is 11. The molecule has 0 atom stereocenters. The smallest absolute Gasteiger partial charge is 0.369 e. The molecule has 0 aliphatic carbocycles. The van der Waals surface area contributed by atoms with E-state index in [2.05, 4.69) is 19.9 Å². The van der Waals surface area contributed by atoms with Crippen molar-refractivity contribution in [3.63, 3.8) is 0 Å². The summed E-state index contributed by atoms with van der Waals surface area (Å²) in [7, 11) is -2.35.